The van der Waals surface area contributed by atoms with Gasteiger partial charge >= 0.3 is 0 Å². The predicted octanol–water partition coefficient (Wildman–Crippen LogP) is 2.31. The summed E-state index contributed by atoms with van der Waals surface area (Å²) in [5, 5.41) is 0. The lowest BCUT2D eigenvalue weighted by atomic mass is 9.79. The molecule has 1 nitrogen and oxygen atoms in total. The fourth-order valence-corrected chi connectivity index (χ4v) is 1.73. The molecule has 0 aromatic heterocycles. The van der Waals surface area contributed by atoms with E-state index < -0.39 is 0 Å². The van der Waals surface area contributed by atoms with Crippen molar-refractivity contribution in [2.24, 2.45) is 11.3 Å². The van der Waals surface area contributed by atoms with Crippen LogP contribution in [0.25, 0.3) is 0 Å². The summed E-state index contributed by atoms with van der Waals surface area (Å²) in [5.41, 5.74) is -0.184. The van der Waals surface area contributed by atoms with E-state index in [-0.39, 0.29) is 5.41 Å². The maximum atomic E-state index is 10.5. The number of rotatable bonds is 2. The number of carbonyl (C=O) groups excluding carboxylic acids is 1. The average Bonchev–Trinajstić information content (AvgIpc) is 2.38. The van der Waals surface area contributed by atoms with E-state index in [0.717, 1.165) is 0 Å². The summed E-state index contributed by atoms with van der Waals surface area (Å²) < 4.78 is 0. The Morgan fingerprint density at radius 2 is 1.80 bits per heavy atom. The van der Waals surface area contributed by atoms with Crippen LogP contribution in [-0.4, -0.2) is 6.29 Å². The first-order chi connectivity index (χ1) is 4.67. The monoisotopic (exact) mass is 139 g/mol. The van der Waals surface area contributed by atoms with E-state index in [9.17, 15) is 4.79 Å². The van der Waals surface area contributed by atoms with Crippen molar-refractivity contribution < 1.29 is 4.79 Å². The first-order valence-electron chi connectivity index (χ1n) is 4.06. The Bertz CT molecular complexity index is 121. The van der Waals surface area contributed by atoms with Crippen molar-refractivity contribution in [2.75, 3.05) is 0 Å². The van der Waals surface area contributed by atoms with Crippen LogP contribution in [0.2, 0.25) is 0 Å². The summed E-state index contributed by atoms with van der Waals surface area (Å²) in [6.45, 7) is 3.99. The van der Waals surface area contributed by atoms with Crippen molar-refractivity contribution in [3.05, 3.63) is 0 Å². The van der Waals surface area contributed by atoms with Gasteiger partial charge in [0.05, 0.1) is 0 Å². The second-order valence-electron chi connectivity index (χ2n) is 3.81. The van der Waals surface area contributed by atoms with Gasteiger partial charge in [0.15, 0.2) is 0 Å². The van der Waals surface area contributed by atoms with Gasteiger partial charge in [-0.3, -0.25) is 4.79 Å². The van der Waals surface area contributed by atoms with E-state index in [1.165, 1.54) is 25.7 Å². The van der Waals surface area contributed by atoms with E-state index in [4.69, 9.17) is 0 Å². The van der Waals surface area contributed by atoms with E-state index in [1.807, 2.05) is 13.8 Å². The third-order valence-electron chi connectivity index (χ3n) is 2.64. The lowest BCUT2D eigenvalue weighted by Gasteiger charge is -2.23. The Balaban J connectivity index is 2.53. The molecule has 0 amide bonds. The fourth-order valence-electron chi connectivity index (χ4n) is 1.73. The molecule has 0 spiro atoms. The quantitative estimate of drug-likeness (QED) is 0.573. The van der Waals surface area contributed by atoms with Crippen molar-refractivity contribution in [2.45, 2.75) is 39.5 Å². The van der Waals surface area contributed by atoms with E-state index in [0.29, 0.717) is 5.92 Å². The molecule has 1 aliphatic rings. The van der Waals surface area contributed by atoms with Crippen LogP contribution in [0.5, 0.6) is 0 Å². The highest BCUT2D eigenvalue weighted by Gasteiger charge is 2.31. The van der Waals surface area contributed by atoms with Gasteiger partial charge in [0.1, 0.15) is 0 Å². The predicted molar refractivity (Wildman–Crippen MR) is 41.4 cm³/mol. The first kappa shape index (κ1) is 7.77. The van der Waals surface area contributed by atoms with Gasteiger partial charge in [-0.05, 0) is 18.8 Å². The van der Waals surface area contributed by atoms with E-state index in [2.05, 4.69) is 6.29 Å². The Morgan fingerprint density at radius 3 is 2.20 bits per heavy atom. The molecule has 0 N–H and O–H groups in total. The highest BCUT2D eigenvalue weighted by Crippen LogP contribution is 2.37. The van der Waals surface area contributed by atoms with Crippen LogP contribution >= 0.6 is 0 Å². The molecule has 1 rings (SSSR count). The largest absolute Gasteiger partial charge is 0.290 e. The highest BCUT2D eigenvalue weighted by molar-refractivity contribution is 5.59. The van der Waals surface area contributed by atoms with Crippen LogP contribution in [0, 0.1) is 11.3 Å². The van der Waals surface area contributed by atoms with Crippen LogP contribution < -0.4 is 0 Å². The molecule has 0 aromatic carbocycles. The summed E-state index contributed by atoms with van der Waals surface area (Å²) in [5.74, 6) is 0.602. The molecule has 0 aromatic rings. The van der Waals surface area contributed by atoms with Crippen LogP contribution in [0.15, 0.2) is 0 Å². The molecule has 10 heavy (non-hydrogen) atoms. The Labute approximate surface area is 62.8 Å². The molecule has 1 saturated carbocycles. The van der Waals surface area contributed by atoms with Gasteiger partial charge in [0, 0.05) is 5.41 Å². The van der Waals surface area contributed by atoms with Crippen molar-refractivity contribution in [1.29, 1.82) is 0 Å². The van der Waals surface area contributed by atoms with Gasteiger partial charge in [-0.15, -0.1) is 0 Å². The van der Waals surface area contributed by atoms with Crippen LogP contribution in [-0.2, 0) is 4.79 Å². The minimum atomic E-state index is -0.184. The van der Waals surface area contributed by atoms with Gasteiger partial charge < -0.3 is 0 Å². The van der Waals surface area contributed by atoms with Gasteiger partial charge in [-0.2, -0.15) is 0 Å². The minimum Gasteiger partial charge on any atom is -0.290 e. The normalized spacial score (nSPS) is 21.4. The maximum absolute atomic E-state index is 10.5. The summed E-state index contributed by atoms with van der Waals surface area (Å²) in [6.07, 6.45) is 7.18. The molecule has 57 valence electrons. The Morgan fingerprint density at radius 1 is 1.30 bits per heavy atom. The number of hydrogen-bond donors (Lipinski definition) is 0. The third-order valence-corrected chi connectivity index (χ3v) is 2.64. The van der Waals surface area contributed by atoms with Crippen molar-refractivity contribution in [3.8, 4) is 0 Å². The van der Waals surface area contributed by atoms with Crippen LogP contribution in [0.4, 0.5) is 0 Å². The fraction of sp³-hybridized carbons (Fsp3) is 0.889. The van der Waals surface area contributed by atoms with Crippen molar-refractivity contribution in [1.82, 2.24) is 0 Å². The zero-order valence-corrected chi connectivity index (χ0v) is 6.81. The van der Waals surface area contributed by atoms with E-state index in [1.54, 1.807) is 0 Å². The molecule has 0 atom stereocenters. The Kier molecular flexibility index (Phi) is 2.12. The zero-order valence-electron chi connectivity index (χ0n) is 6.81. The maximum Gasteiger partial charge on any atom is 0.204 e. The molecule has 0 saturated heterocycles. The second kappa shape index (κ2) is 2.73. The molecule has 0 heterocycles. The molecular weight excluding hydrogens is 124 g/mol. The minimum absolute atomic E-state index is 0.184. The van der Waals surface area contributed by atoms with Crippen LogP contribution in [0.1, 0.15) is 39.5 Å². The molecule has 0 unspecified atom stereocenters. The smallest absolute Gasteiger partial charge is 0.204 e. The average molecular weight is 139 g/mol. The molecule has 1 fully saturated rings. The Hall–Kier alpha value is -0.330. The molecule has 1 radical (unpaired) electrons. The molecule has 0 bridgehead atoms. The number of hydrogen-bond acceptors (Lipinski definition) is 1. The van der Waals surface area contributed by atoms with Crippen molar-refractivity contribution >= 4 is 6.29 Å². The topological polar surface area (TPSA) is 17.1 Å². The second-order valence-corrected chi connectivity index (χ2v) is 3.81. The first-order valence-corrected chi connectivity index (χ1v) is 4.06. The summed E-state index contributed by atoms with van der Waals surface area (Å²) in [6, 6.07) is 0. The molecule has 1 heteroatoms. The highest BCUT2D eigenvalue weighted by atomic mass is 16.1. The van der Waals surface area contributed by atoms with Gasteiger partial charge in [0.25, 0.3) is 0 Å². The summed E-state index contributed by atoms with van der Waals surface area (Å²) in [4.78, 5) is 10.5. The molecule has 0 aliphatic heterocycles. The molecule has 1 aliphatic carbocycles. The van der Waals surface area contributed by atoms with Gasteiger partial charge in [-0.1, -0.05) is 26.7 Å². The molecular formula is C9H15O. The summed E-state index contributed by atoms with van der Waals surface area (Å²) in [7, 11) is 0. The lowest BCUT2D eigenvalue weighted by molar-refractivity contribution is 0.302. The summed E-state index contributed by atoms with van der Waals surface area (Å²) >= 11 is 0. The van der Waals surface area contributed by atoms with Gasteiger partial charge in [-0.25, -0.2) is 0 Å². The lowest BCUT2D eigenvalue weighted by Crippen LogP contribution is -2.22. The van der Waals surface area contributed by atoms with Crippen LogP contribution in [0.3, 0.4) is 0 Å². The standard InChI is InChI=1S/C9H15O/c1-9(2,7-10)8-5-3-4-6-8/h8H,3-6H2,1-2H3. The SMILES string of the molecule is CC(C)([C]=O)C1CCCC1. The van der Waals surface area contributed by atoms with Gasteiger partial charge in [0.2, 0.25) is 6.29 Å². The van der Waals surface area contributed by atoms with E-state index >= 15 is 0 Å². The zero-order chi connectivity index (χ0) is 7.61. The third kappa shape index (κ3) is 1.39. The van der Waals surface area contributed by atoms with Crippen molar-refractivity contribution in [3.63, 3.8) is 0 Å².